The van der Waals surface area contributed by atoms with Crippen molar-refractivity contribution in [1.29, 1.82) is 0 Å². The number of hydrogen-bond acceptors (Lipinski definition) is 5. The minimum atomic E-state index is -0.128. The van der Waals surface area contributed by atoms with Gasteiger partial charge in [-0.2, -0.15) is 0 Å². The SMILES string of the molecule is CCN(CC)CCNC(=O)c1cccnc1Nc1ccc(OC)cc1. The molecule has 0 fully saturated rings. The average Bonchev–Trinajstić information content (AvgIpc) is 2.66. The van der Waals surface area contributed by atoms with E-state index in [9.17, 15) is 4.79 Å². The van der Waals surface area contributed by atoms with Gasteiger partial charge in [0, 0.05) is 25.0 Å². The van der Waals surface area contributed by atoms with E-state index >= 15 is 0 Å². The Morgan fingerprint density at radius 3 is 2.52 bits per heavy atom. The van der Waals surface area contributed by atoms with Crippen molar-refractivity contribution >= 4 is 17.4 Å². The van der Waals surface area contributed by atoms with E-state index in [0.717, 1.165) is 31.1 Å². The molecule has 25 heavy (non-hydrogen) atoms. The number of carbonyl (C=O) groups excluding carboxylic acids is 1. The van der Waals surface area contributed by atoms with E-state index in [-0.39, 0.29) is 5.91 Å². The summed E-state index contributed by atoms with van der Waals surface area (Å²) in [6.07, 6.45) is 1.67. The highest BCUT2D eigenvalue weighted by Crippen LogP contribution is 2.21. The lowest BCUT2D eigenvalue weighted by Gasteiger charge is -2.18. The number of rotatable bonds is 9. The second kappa shape index (κ2) is 9.64. The molecule has 0 saturated carbocycles. The van der Waals surface area contributed by atoms with Crippen molar-refractivity contribution in [2.45, 2.75) is 13.8 Å². The Morgan fingerprint density at radius 2 is 1.88 bits per heavy atom. The Balaban J connectivity index is 2.02. The predicted molar refractivity (Wildman–Crippen MR) is 101 cm³/mol. The molecule has 6 nitrogen and oxygen atoms in total. The lowest BCUT2D eigenvalue weighted by atomic mass is 10.2. The molecule has 0 aliphatic rings. The molecule has 2 aromatic rings. The van der Waals surface area contributed by atoms with Crippen molar-refractivity contribution in [3.8, 4) is 5.75 Å². The molecule has 0 saturated heterocycles. The van der Waals surface area contributed by atoms with Crippen LogP contribution in [0.15, 0.2) is 42.6 Å². The van der Waals surface area contributed by atoms with Crippen molar-refractivity contribution in [2.75, 3.05) is 38.6 Å². The third-order valence-electron chi connectivity index (χ3n) is 4.01. The van der Waals surface area contributed by atoms with Crippen molar-refractivity contribution in [3.05, 3.63) is 48.2 Å². The standard InChI is InChI=1S/C19H26N4O2/c1-4-23(5-2)14-13-21-19(24)17-7-6-12-20-18(17)22-15-8-10-16(25-3)11-9-15/h6-12H,4-5,13-14H2,1-3H3,(H,20,22)(H,21,24). The fourth-order valence-corrected chi connectivity index (χ4v) is 2.46. The molecule has 0 bridgehead atoms. The van der Waals surface area contributed by atoms with Crippen LogP contribution < -0.4 is 15.4 Å². The van der Waals surface area contributed by atoms with Crippen LogP contribution >= 0.6 is 0 Å². The van der Waals surface area contributed by atoms with Crippen LogP contribution in [0.4, 0.5) is 11.5 Å². The van der Waals surface area contributed by atoms with Gasteiger partial charge in [0.15, 0.2) is 0 Å². The van der Waals surface area contributed by atoms with Gasteiger partial charge in [-0.1, -0.05) is 13.8 Å². The van der Waals surface area contributed by atoms with Gasteiger partial charge in [-0.15, -0.1) is 0 Å². The summed E-state index contributed by atoms with van der Waals surface area (Å²) in [5.41, 5.74) is 1.37. The second-order valence-corrected chi connectivity index (χ2v) is 5.54. The van der Waals surface area contributed by atoms with E-state index in [0.29, 0.717) is 17.9 Å². The molecule has 1 aromatic carbocycles. The Kier molecular flexibility index (Phi) is 7.22. The summed E-state index contributed by atoms with van der Waals surface area (Å²) in [5.74, 6) is 1.19. The number of likely N-dealkylation sites (N-methyl/N-ethyl adjacent to an activating group) is 1. The molecule has 1 amide bonds. The molecule has 0 aliphatic carbocycles. The van der Waals surface area contributed by atoms with Gasteiger partial charge in [0.2, 0.25) is 0 Å². The minimum absolute atomic E-state index is 0.128. The van der Waals surface area contributed by atoms with Crippen LogP contribution in [0.25, 0.3) is 0 Å². The van der Waals surface area contributed by atoms with Crippen molar-refractivity contribution in [3.63, 3.8) is 0 Å². The van der Waals surface area contributed by atoms with Gasteiger partial charge in [0.1, 0.15) is 11.6 Å². The first-order chi connectivity index (χ1) is 12.2. The van der Waals surface area contributed by atoms with Crippen LogP contribution in [0.5, 0.6) is 5.75 Å². The summed E-state index contributed by atoms with van der Waals surface area (Å²) in [7, 11) is 1.63. The van der Waals surface area contributed by atoms with Gasteiger partial charge in [0.25, 0.3) is 5.91 Å². The number of nitrogens with zero attached hydrogens (tertiary/aromatic N) is 2. The lowest BCUT2D eigenvalue weighted by Crippen LogP contribution is -2.35. The first-order valence-electron chi connectivity index (χ1n) is 8.54. The normalized spacial score (nSPS) is 10.6. The number of carbonyl (C=O) groups is 1. The van der Waals surface area contributed by atoms with E-state index < -0.39 is 0 Å². The third-order valence-corrected chi connectivity index (χ3v) is 4.01. The average molecular weight is 342 g/mol. The van der Waals surface area contributed by atoms with Crippen molar-refractivity contribution in [1.82, 2.24) is 15.2 Å². The van der Waals surface area contributed by atoms with Gasteiger partial charge in [-0.05, 0) is 49.5 Å². The summed E-state index contributed by atoms with van der Waals surface area (Å²) >= 11 is 0. The van der Waals surface area contributed by atoms with Crippen LogP contribution in [-0.2, 0) is 0 Å². The molecule has 6 heteroatoms. The summed E-state index contributed by atoms with van der Waals surface area (Å²) in [4.78, 5) is 19.0. The molecule has 134 valence electrons. The zero-order chi connectivity index (χ0) is 18.1. The molecular formula is C19H26N4O2. The van der Waals surface area contributed by atoms with E-state index in [2.05, 4.69) is 34.4 Å². The van der Waals surface area contributed by atoms with Crippen LogP contribution in [0.2, 0.25) is 0 Å². The second-order valence-electron chi connectivity index (χ2n) is 5.54. The number of benzene rings is 1. The monoisotopic (exact) mass is 342 g/mol. The van der Waals surface area contributed by atoms with E-state index in [1.54, 1.807) is 25.4 Å². The number of pyridine rings is 1. The summed E-state index contributed by atoms with van der Waals surface area (Å²) in [6.45, 7) is 7.62. The molecule has 0 atom stereocenters. The zero-order valence-corrected chi connectivity index (χ0v) is 15.1. The van der Waals surface area contributed by atoms with E-state index in [1.807, 2.05) is 24.3 Å². The maximum atomic E-state index is 12.5. The number of anilines is 2. The first kappa shape index (κ1) is 18.7. The molecule has 1 heterocycles. The fourth-order valence-electron chi connectivity index (χ4n) is 2.46. The Bertz CT molecular complexity index is 669. The van der Waals surface area contributed by atoms with Gasteiger partial charge < -0.3 is 20.3 Å². The largest absolute Gasteiger partial charge is 0.497 e. The Hall–Kier alpha value is -2.60. The smallest absolute Gasteiger partial charge is 0.255 e. The van der Waals surface area contributed by atoms with Crippen molar-refractivity contribution < 1.29 is 9.53 Å². The molecule has 2 rings (SSSR count). The Labute approximate surface area is 149 Å². The number of hydrogen-bond donors (Lipinski definition) is 2. The van der Waals surface area contributed by atoms with Crippen LogP contribution in [0.1, 0.15) is 24.2 Å². The van der Waals surface area contributed by atoms with Gasteiger partial charge in [0.05, 0.1) is 12.7 Å². The quantitative estimate of drug-likeness (QED) is 0.733. The minimum Gasteiger partial charge on any atom is -0.497 e. The molecular weight excluding hydrogens is 316 g/mol. The number of amides is 1. The number of aromatic nitrogens is 1. The number of methoxy groups -OCH3 is 1. The maximum absolute atomic E-state index is 12.5. The molecule has 2 N–H and O–H groups in total. The lowest BCUT2D eigenvalue weighted by molar-refractivity contribution is 0.0949. The third kappa shape index (κ3) is 5.46. The number of nitrogens with one attached hydrogen (secondary N) is 2. The molecule has 0 radical (unpaired) electrons. The van der Waals surface area contributed by atoms with Gasteiger partial charge in [-0.3, -0.25) is 4.79 Å². The van der Waals surface area contributed by atoms with Gasteiger partial charge >= 0.3 is 0 Å². The first-order valence-corrected chi connectivity index (χ1v) is 8.54. The van der Waals surface area contributed by atoms with Crippen LogP contribution in [0.3, 0.4) is 0 Å². The highest BCUT2D eigenvalue weighted by Gasteiger charge is 2.12. The fraction of sp³-hybridized carbons (Fsp3) is 0.368. The van der Waals surface area contributed by atoms with Gasteiger partial charge in [-0.25, -0.2) is 4.98 Å². The highest BCUT2D eigenvalue weighted by molar-refractivity contribution is 5.99. The topological polar surface area (TPSA) is 66.5 Å². The van der Waals surface area contributed by atoms with Crippen LogP contribution in [0, 0.1) is 0 Å². The molecule has 1 aromatic heterocycles. The highest BCUT2D eigenvalue weighted by atomic mass is 16.5. The summed E-state index contributed by atoms with van der Waals surface area (Å²) in [5, 5.41) is 6.15. The van der Waals surface area contributed by atoms with E-state index in [1.165, 1.54) is 0 Å². The molecule has 0 aliphatic heterocycles. The maximum Gasteiger partial charge on any atom is 0.255 e. The van der Waals surface area contributed by atoms with Crippen molar-refractivity contribution in [2.24, 2.45) is 0 Å². The summed E-state index contributed by atoms with van der Waals surface area (Å²) < 4.78 is 5.15. The van der Waals surface area contributed by atoms with Crippen LogP contribution in [-0.4, -0.2) is 49.1 Å². The zero-order valence-electron chi connectivity index (χ0n) is 15.1. The summed E-state index contributed by atoms with van der Waals surface area (Å²) in [6, 6.07) is 11.0. The van der Waals surface area contributed by atoms with E-state index in [4.69, 9.17) is 4.74 Å². The number of ether oxygens (including phenoxy) is 1. The molecule has 0 spiro atoms. The molecule has 0 unspecified atom stereocenters. The Morgan fingerprint density at radius 1 is 1.16 bits per heavy atom. The predicted octanol–water partition coefficient (Wildman–Crippen LogP) is 2.91.